The zero-order valence-electron chi connectivity index (χ0n) is 21.0. The van der Waals surface area contributed by atoms with Crippen molar-refractivity contribution in [3.63, 3.8) is 0 Å². The molecule has 3 aromatic rings. The summed E-state index contributed by atoms with van der Waals surface area (Å²) in [5.41, 5.74) is 2.44. The van der Waals surface area contributed by atoms with Gasteiger partial charge in [-0.15, -0.1) is 6.58 Å². The van der Waals surface area contributed by atoms with Crippen LogP contribution in [0.1, 0.15) is 29.8 Å². The lowest BCUT2D eigenvalue weighted by Gasteiger charge is -2.53. The number of amides is 2. The van der Waals surface area contributed by atoms with E-state index in [9.17, 15) is 14.7 Å². The van der Waals surface area contributed by atoms with Crippen LogP contribution in [0, 0.1) is 0 Å². The Morgan fingerprint density at radius 2 is 2.08 bits per heavy atom. The molecule has 2 amide bonds. The van der Waals surface area contributed by atoms with Crippen molar-refractivity contribution >= 4 is 22.7 Å². The van der Waals surface area contributed by atoms with Crippen molar-refractivity contribution in [2.45, 2.75) is 24.9 Å². The second-order valence-corrected chi connectivity index (χ2v) is 9.92. The van der Waals surface area contributed by atoms with Gasteiger partial charge in [-0.2, -0.15) is 0 Å². The summed E-state index contributed by atoms with van der Waals surface area (Å²) in [4.78, 5) is 36.8. The number of phenols is 1. The summed E-state index contributed by atoms with van der Waals surface area (Å²) < 4.78 is 5.47. The van der Waals surface area contributed by atoms with Crippen molar-refractivity contribution in [2.24, 2.45) is 0 Å². The molecule has 0 saturated carbocycles. The fourth-order valence-corrected chi connectivity index (χ4v) is 5.69. The lowest BCUT2D eigenvalue weighted by molar-refractivity contribution is -0.167. The first-order valence-electron chi connectivity index (χ1n) is 12.1. The Bertz CT molecular complexity index is 1350. The highest BCUT2D eigenvalue weighted by Crippen LogP contribution is 2.47. The van der Waals surface area contributed by atoms with Crippen LogP contribution in [0.2, 0.25) is 0 Å². The van der Waals surface area contributed by atoms with E-state index in [1.54, 1.807) is 35.1 Å². The number of piperazine rings is 1. The smallest absolute Gasteiger partial charge is 0.249 e. The molecule has 0 aliphatic carbocycles. The number of likely N-dealkylation sites (N-methyl/N-ethyl adjacent to an activating group) is 1. The molecule has 2 aromatic carbocycles. The predicted molar refractivity (Wildman–Crippen MR) is 138 cm³/mol. The van der Waals surface area contributed by atoms with Crippen molar-refractivity contribution < 1.29 is 19.4 Å². The summed E-state index contributed by atoms with van der Waals surface area (Å²) in [6.45, 7) is 7.48. The number of nitrogens with zero attached hydrogens (tertiary/aromatic N) is 3. The largest absolute Gasteiger partial charge is 0.508 e. The van der Waals surface area contributed by atoms with E-state index in [0.29, 0.717) is 26.1 Å². The number of methoxy groups -OCH3 is 1. The number of phenolic OH excluding ortho intramolecular Hbond substituents is 1. The monoisotopic (exact) mass is 488 g/mol. The van der Waals surface area contributed by atoms with Crippen molar-refractivity contribution in [2.75, 3.05) is 40.3 Å². The highest BCUT2D eigenvalue weighted by Gasteiger charge is 2.55. The maximum atomic E-state index is 14.0. The quantitative estimate of drug-likeness (QED) is 0.499. The van der Waals surface area contributed by atoms with Crippen molar-refractivity contribution in [1.82, 2.24) is 19.7 Å². The highest BCUT2D eigenvalue weighted by molar-refractivity contribution is 6.00. The summed E-state index contributed by atoms with van der Waals surface area (Å²) in [6, 6.07) is 12.2. The van der Waals surface area contributed by atoms with Gasteiger partial charge in [-0.25, -0.2) is 0 Å². The summed E-state index contributed by atoms with van der Waals surface area (Å²) in [6.07, 6.45) is 2.20. The number of hydrogen-bond donors (Lipinski definition) is 2. The van der Waals surface area contributed by atoms with E-state index in [0.717, 1.165) is 33.5 Å². The number of hydrogen-bond acceptors (Lipinski definition) is 5. The van der Waals surface area contributed by atoms with Gasteiger partial charge < -0.3 is 29.5 Å². The Kier molecular flexibility index (Phi) is 6.00. The second kappa shape index (κ2) is 9.02. The third kappa shape index (κ3) is 3.82. The molecule has 1 saturated heterocycles. The van der Waals surface area contributed by atoms with Crippen molar-refractivity contribution in [3.05, 3.63) is 71.9 Å². The molecular formula is C28H32N4O4. The summed E-state index contributed by atoms with van der Waals surface area (Å²) in [5, 5.41) is 11.2. The van der Waals surface area contributed by atoms with Crippen LogP contribution in [0.5, 0.6) is 11.5 Å². The van der Waals surface area contributed by atoms with Crippen LogP contribution >= 0.6 is 0 Å². The van der Waals surface area contributed by atoms with Gasteiger partial charge in [0, 0.05) is 42.7 Å². The molecule has 2 aliphatic heterocycles. The number of rotatable bonds is 7. The lowest BCUT2D eigenvalue weighted by atomic mass is 9.78. The fraction of sp³-hybridized carbons (Fsp3) is 0.357. The molecule has 1 fully saturated rings. The van der Waals surface area contributed by atoms with E-state index in [-0.39, 0.29) is 24.1 Å². The van der Waals surface area contributed by atoms with Crippen LogP contribution in [0.3, 0.4) is 0 Å². The molecule has 1 aromatic heterocycles. The molecule has 0 bridgehead atoms. The number of aromatic nitrogens is 1. The van der Waals surface area contributed by atoms with Gasteiger partial charge in [-0.1, -0.05) is 18.2 Å². The molecule has 5 rings (SSSR count). The average molecular weight is 489 g/mol. The number of ether oxygens (including phenoxy) is 1. The summed E-state index contributed by atoms with van der Waals surface area (Å²) in [7, 11) is 3.60. The normalized spacial score (nSPS) is 21.6. The molecule has 0 spiro atoms. The van der Waals surface area contributed by atoms with Gasteiger partial charge in [0.1, 0.15) is 17.0 Å². The van der Waals surface area contributed by atoms with Gasteiger partial charge in [0.05, 0.1) is 19.7 Å². The molecule has 0 unspecified atom stereocenters. The third-order valence-corrected chi connectivity index (χ3v) is 7.45. The molecule has 8 nitrogen and oxygen atoms in total. The van der Waals surface area contributed by atoms with Gasteiger partial charge in [-0.05, 0) is 55.4 Å². The van der Waals surface area contributed by atoms with Crippen LogP contribution in [0.25, 0.3) is 10.9 Å². The maximum absolute atomic E-state index is 14.0. The first-order chi connectivity index (χ1) is 17.3. The third-order valence-electron chi connectivity index (χ3n) is 7.45. The average Bonchev–Trinajstić information content (AvgIpc) is 3.21. The zero-order chi connectivity index (χ0) is 25.6. The van der Waals surface area contributed by atoms with Crippen LogP contribution in [-0.4, -0.2) is 82.5 Å². The van der Waals surface area contributed by atoms with Crippen molar-refractivity contribution in [3.8, 4) is 11.5 Å². The van der Waals surface area contributed by atoms with Gasteiger partial charge in [0.2, 0.25) is 11.8 Å². The van der Waals surface area contributed by atoms with Crippen molar-refractivity contribution in [1.29, 1.82) is 0 Å². The Hall–Kier alpha value is -3.78. The van der Waals surface area contributed by atoms with Gasteiger partial charge >= 0.3 is 0 Å². The highest BCUT2D eigenvalue weighted by atomic mass is 16.5. The SMILES string of the molecule is C=CCN(C)CCN1CC(=O)N2[C@H](c3cccc(O)c3)c3[nH]c4ccc(OC)cc4c3C[C@@]2(C)C1=O. The molecule has 2 atom stereocenters. The van der Waals surface area contributed by atoms with E-state index in [1.165, 1.54) is 0 Å². The standard InChI is InChI=1S/C28H32N4O4/c1-5-11-30(3)12-13-31-17-24(34)32-26(18-7-6-8-19(33)14-18)25-22(16-28(32,2)27(31)35)21-15-20(36-4)9-10-23(21)29-25/h5-10,14-15,26,29,33H,1,11-13,16-17H2,2-4H3/t26-,28+/m1/s1. The number of benzene rings is 2. The molecule has 0 radical (unpaired) electrons. The first kappa shape index (κ1) is 23.9. The minimum Gasteiger partial charge on any atom is -0.508 e. The number of carbonyl (C=O) groups excluding carboxylic acids is 2. The lowest BCUT2D eigenvalue weighted by Crippen LogP contribution is -2.70. The predicted octanol–water partition coefficient (Wildman–Crippen LogP) is 3.07. The van der Waals surface area contributed by atoms with E-state index < -0.39 is 11.6 Å². The summed E-state index contributed by atoms with van der Waals surface area (Å²) in [5.74, 6) is 0.659. The van der Waals surface area contributed by atoms with E-state index >= 15 is 0 Å². The molecule has 3 heterocycles. The number of H-pyrrole nitrogens is 1. The van der Waals surface area contributed by atoms with Crippen LogP contribution in [0.4, 0.5) is 0 Å². The van der Waals surface area contributed by atoms with E-state index in [2.05, 4.69) is 16.5 Å². The van der Waals surface area contributed by atoms with Gasteiger partial charge in [-0.3, -0.25) is 9.59 Å². The van der Waals surface area contributed by atoms with Gasteiger partial charge in [0.15, 0.2) is 0 Å². The van der Waals surface area contributed by atoms with Gasteiger partial charge in [0.25, 0.3) is 0 Å². The number of carbonyl (C=O) groups is 2. The molecule has 36 heavy (non-hydrogen) atoms. The molecule has 188 valence electrons. The Labute approximate surface area is 210 Å². The second-order valence-electron chi connectivity index (χ2n) is 9.92. The maximum Gasteiger partial charge on any atom is 0.249 e. The van der Waals surface area contributed by atoms with E-state index in [4.69, 9.17) is 4.74 Å². The number of aromatic amines is 1. The summed E-state index contributed by atoms with van der Waals surface area (Å²) >= 11 is 0. The topological polar surface area (TPSA) is 89.1 Å². The molecule has 2 aliphatic rings. The molecule has 8 heteroatoms. The molecule has 2 N–H and O–H groups in total. The minimum atomic E-state index is -1.08. The number of fused-ring (bicyclic) bond motifs is 4. The number of aromatic hydroxyl groups is 1. The molecular weight excluding hydrogens is 456 g/mol. The number of nitrogens with one attached hydrogen (secondary N) is 1. The Morgan fingerprint density at radius 3 is 2.81 bits per heavy atom. The van der Waals surface area contributed by atoms with E-state index in [1.807, 2.05) is 44.3 Å². The Morgan fingerprint density at radius 1 is 1.28 bits per heavy atom. The minimum absolute atomic E-state index is 0.0229. The first-order valence-corrected chi connectivity index (χ1v) is 12.1. The van der Waals surface area contributed by atoms with Crippen LogP contribution < -0.4 is 4.74 Å². The van der Waals surface area contributed by atoms with Crippen LogP contribution in [0.15, 0.2) is 55.1 Å². The van der Waals surface area contributed by atoms with Crippen LogP contribution in [-0.2, 0) is 16.0 Å². The zero-order valence-corrected chi connectivity index (χ0v) is 21.0. The Balaban J connectivity index is 1.64. The fourth-order valence-electron chi connectivity index (χ4n) is 5.69.